The number of hydrogen-bond acceptors (Lipinski definition) is 4. The number of halogens is 1. The van der Waals surface area contributed by atoms with Gasteiger partial charge in [0.15, 0.2) is 6.61 Å². The Kier molecular flexibility index (Phi) is 8.33. The largest absolute Gasteiger partial charge is 0.491 e. The lowest BCUT2D eigenvalue weighted by Gasteiger charge is -2.20. The molecule has 152 valence electrons. The van der Waals surface area contributed by atoms with Gasteiger partial charge in [-0.15, -0.1) is 0 Å². The molecule has 2 aromatic rings. The van der Waals surface area contributed by atoms with Crippen molar-refractivity contribution in [3.8, 4) is 11.5 Å². The minimum atomic E-state index is -0.225. The monoisotopic (exact) mass is 449 g/mol. The van der Waals surface area contributed by atoms with Gasteiger partial charge in [-0.1, -0.05) is 26.8 Å². The highest BCUT2D eigenvalue weighted by Gasteiger charge is 2.15. The van der Waals surface area contributed by atoms with Gasteiger partial charge in [0, 0.05) is 12.3 Å². The Balaban J connectivity index is 1.82. The van der Waals surface area contributed by atoms with Crippen molar-refractivity contribution in [2.45, 2.75) is 33.1 Å². The molecule has 0 atom stereocenters. The third-order valence-electron chi connectivity index (χ3n) is 4.00. The first-order valence-corrected chi connectivity index (χ1v) is 10.1. The van der Waals surface area contributed by atoms with E-state index < -0.39 is 0 Å². The first-order chi connectivity index (χ1) is 13.3. The molecule has 0 bridgehead atoms. The molecule has 0 aliphatic heterocycles. The van der Waals surface area contributed by atoms with Gasteiger partial charge in [-0.25, -0.2) is 0 Å². The van der Waals surface area contributed by atoms with Crippen LogP contribution in [-0.4, -0.2) is 32.3 Å². The number of rotatable bonds is 9. The predicted octanol–water partition coefficient (Wildman–Crippen LogP) is 5.18. The van der Waals surface area contributed by atoms with Crippen LogP contribution in [0.15, 0.2) is 46.9 Å². The summed E-state index contributed by atoms with van der Waals surface area (Å²) in [5.74, 6) is 1.15. The average Bonchev–Trinajstić information content (AvgIpc) is 2.65. The van der Waals surface area contributed by atoms with Crippen molar-refractivity contribution in [2.24, 2.45) is 0 Å². The molecule has 5 nitrogen and oxygen atoms in total. The Labute approximate surface area is 175 Å². The molecule has 0 aliphatic rings. The highest BCUT2D eigenvalue weighted by atomic mass is 79.9. The predicted molar refractivity (Wildman–Crippen MR) is 115 cm³/mol. The Hall–Kier alpha value is -2.05. The number of hydrogen-bond donors (Lipinski definition) is 1. The summed E-state index contributed by atoms with van der Waals surface area (Å²) >= 11 is 3.52. The highest BCUT2D eigenvalue weighted by molar-refractivity contribution is 9.10. The molecule has 0 aromatic heterocycles. The summed E-state index contributed by atoms with van der Waals surface area (Å²) in [6.45, 7) is 10.1. The summed E-state index contributed by atoms with van der Waals surface area (Å²) in [7, 11) is 0. The van der Waals surface area contributed by atoms with Crippen molar-refractivity contribution >= 4 is 27.5 Å². The van der Waals surface area contributed by atoms with E-state index in [2.05, 4.69) is 42.0 Å². The molecule has 0 heterocycles. The van der Waals surface area contributed by atoms with Gasteiger partial charge in [0.1, 0.15) is 18.1 Å². The summed E-state index contributed by atoms with van der Waals surface area (Å²) in [5, 5.41) is 2.81. The van der Waals surface area contributed by atoms with E-state index in [9.17, 15) is 4.79 Å². The highest BCUT2D eigenvalue weighted by Crippen LogP contribution is 2.31. The van der Waals surface area contributed by atoms with E-state index in [-0.39, 0.29) is 17.9 Å². The second-order valence-corrected chi connectivity index (χ2v) is 8.16. The molecule has 2 aromatic carbocycles. The minimum Gasteiger partial charge on any atom is -0.491 e. The van der Waals surface area contributed by atoms with E-state index in [1.807, 2.05) is 37.3 Å². The second-order valence-electron chi connectivity index (χ2n) is 7.30. The second kappa shape index (κ2) is 10.5. The normalized spacial score (nSPS) is 11.2. The maximum Gasteiger partial charge on any atom is 0.262 e. The van der Waals surface area contributed by atoms with Crippen molar-refractivity contribution < 1.29 is 19.0 Å². The van der Waals surface area contributed by atoms with Crippen LogP contribution >= 0.6 is 15.9 Å². The van der Waals surface area contributed by atoms with Crippen molar-refractivity contribution in [1.29, 1.82) is 0 Å². The zero-order valence-corrected chi connectivity index (χ0v) is 18.5. The average molecular weight is 450 g/mol. The van der Waals surface area contributed by atoms with Gasteiger partial charge in [0.05, 0.1) is 11.1 Å². The standard InChI is InChI=1S/C22H28BrNO4/c1-5-26-12-13-27-18-9-7-17(8-10-18)24-21(25)15-28-20-11-6-16(14-19(20)23)22(2,3)4/h6-11,14H,5,12-13,15H2,1-4H3,(H,24,25). The van der Waals surface area contributed by atoms with E-state index in [0.717, 1.165) is 10.2 Å². The van der Waals surface area contributed by atoms with Crippen LogP contribution in [-0.2, 0) is 14.9 Å². The van der Waals surface area contributed by atoms with Gasteiger partial charge in [-0.05, 0) is 70.2 Å². The molecule has 0 saturated heterocycles. The number of ether oxygens (including phenoxy) is 3. The molecule has 2 rings (SSSR count). The first-order valence-electron chi connectivity index (χ1n) is 9.33. The molecule has 0 aliphatic carbocycles. The van der Waals surface area contributed by atoms with Crippen molar-refractivity contribution in [1.82, 2.24) is 0 Å². The smallest absolute Gasteiger partial charge is 0.262 e. The Morgan fingerprint density at radius 1 is 1.04 bits per heavy atom. The van der Waals surface area contributed by atoms with Gasteiger partial charge in [-0.3, -0.25) is 4.79 Å². The molecule has 0 saturated carbocycles. The summed E-state index contributed by atoms with van der Waals surface area (Å²) in [6, 6.07) is 13.1. The Morgan fingerprint density at radius 2 is 1.75 bits per heavy atom. The van der Waals surface area contributed by atoms with Crippen molar-refractivity contribution in [3.63, 3.8) is 0 Å². The van der Waals surface area contributed by atoms with Crippen molar-refractivity contribution in [2.75, 3.05) is 31.7 Å². The van der Waals surface area contributed by atoms with Gasteiger partial charge >= 0.3 is 0 Å². The van der Waals surface area contributed by atoms with Crippen LogP contribution in [0.5, 0.6) is 11.5 Å². The van der Waals surface area contributed by atoms with Crippen LogP contribution < -0.4 is 14.8 Å². The number of carbonyl (C=O) groups is 1. The Bertz CT molecular complexity index is 769. The first kappa shape index (κ1) is 22.2. The molecule has 6 heteroatoms. The SMILES string of the molecule is CCOCCOc1ccc(NC(=O)COc2ccc(C(C)(C)C)cc2Br)cc1. The minimum absolute atomic E-state index is 0.0529. The van der Waals surface area contributed by atoms with Crippen molar-refractivity contribution in [3.05, 3.63) is 52.5 Å². The summed E-state index contributed by atoms with van der Waals surface area (Å²) < 4.78 is 17.3. The van der Waals surface area contributed by atoms with Crippen LogP contribution in [0.1, 0.15) is 33.3 Å². The topological polar surface area (TPSA) is 56.8 Å². The molecule has 0 unspecified atom stereocenters. The van der Waals surface area contributed by atoms with Crippen LogP contribution in [0, 0.1) is 0 Å². The fourth-order valence-corrected chi connectivity index (χ4v) is 2.92. The van der Waals surface area contributed by atoms with E-state index in [1.54, 1.807) is 12.1 Å². The van der Waals surface area contributed by atoms with E-state index in [4.69, 9.17) is 14.2 Å². The van der Waals surface area contributed by atoms with E-state index in [0.29, 0.717) is 31.3 Å². The van der Waals surface area contributed by atoms with Crippen LogP contribution in [0.2, 0.25) is 0 Å². The maximum atomic E-state index is 12.2. The molecule has 0 spiro atoms. The molecule has 28 heavy (non-hydrogen) atoms. The van der Waals surface area contributed by atoms with Gasteiger partial charge in [-0.2, -0.15) is 0 Å². The third-order valence-corrected chi connectivity index (χ3v) is 4.61. The van der Waals surface area contributed by atoms with Crippen LogP contribution in [0.3, 0.4) is 0 Å². The zero-order valence-electron chi connectivity index (χ0n) is 16.9. The lowest BCUT2D eigenvalue weighted by atomic mass is 9.87. The summed E-state index contributed by atoms with van der Waals surface area (Å²) in [5.41, 5.74) is 1.93. The molecule has 1 amide bonds. The lowest BCUT2D eigenvalue weighted by molar-refractivity contribution is -0.118. The van der Waals surface area contributed by atoms with Crippen LogP contribution in [0.25, 0.3) is 0 Å². The molecular formula is C22H28BrNO4. The maximum absolute atomic E-state index is 12.2. The lowest BCUT2D eigenvalue weighted by Crippen LogP contribution is -2.20. The number of amides is 1. The van der Waals surface area contributed by atoms with E-state index >= 15 is 0 Å². The van der Waals surface area contributed by atoms with Gasteiger partial charge in [0.2, 0.25) is 0 Å². The van der Waals surface area contributed by atoms with Gasteiger partial charge < -0.3 is 19.5 Å². The number of benzene rings is 2. The molecule has 0 fully saturated rings. The molecule has 1 N–H and O–H groups in total. The summed E-state index contributed by atoms with van der Waals surface area (Å²) in [6.07, 6.45) is 0. The number of anilines is 1. The molecule has 0 radical (unpaired) electrons. The quantitative estimate of drug-likeness (QED) is 0.535. The van der Waals surface area contributed by atoms with Gasteiger partial charge in [0.25, 0.3) is 5.91 Å². The molecular weight excluding hydrogens is 422 g/mol. The third kappa shape index (κ3) is 7.17. The van der Waals surface area contributed by atoms with Crippen LogP contribution in [0.4, 0.5) is 5.69 Å². The fourth-order valence-electron chi connectivity index (χ4n) is 2.42. The number of nitrogens with one attached hydrogen (secondary N) is 1. The number of carbonyl (C=O) groups excluding carboxylic acids is 1. The summed E-state index contributed by atoms with van der Waals surface area (Å²) in [4.78, 5) is 12.2. The van der Waals surface area contributed by atoms with E-state index in [1.165, 1.54) is 5.56 Å². The zero-order chi connectivity index (χ0) is 20.6. The Morgan fingerprint density at radius 3 is 2.36 bits per heavy atom. The fraction of sp³-hybridized carbons (Fsp3) is 0.409.